The first-order valence-corrected chi connectivity index (χ1v) is 9.25. The van der Waals surface area contributed by atoms with Crippen molar-refractivity contribution in [2.45, 2.75) is 40.5 Å². The van der Waals surface area contributed by atoms with Gasteiger partial charge in [0, 0.05) is 32.7 Å². The monoisotopic (exact) mass is 319 g/mol. The molecule has 1 atom stereocenters. The van der Waals surface area contributed by atoms with E-state index in [1.54, 1.807) is 0 Å². The Morgan fingerprint density at radius 3 is 2.48 bits per heavy atom. The van der Waals surface area contributed by atoms with Crippen LogP contribution in [0.5, 0.6) is 0 Å². The number of carbonyl (C=O) groups is 1. The highest BCUT2D eigenvalue weighted by atomic mass is 32.2. The van der Waals surface area contributed by atoms with Crippen molar-refractivity contribution in [1.82, 2.24) is 13.9 Å². The lowest BCUT2D eigenvalue weighted by Crippen LogP contribution is -2.50. The molecule has 7 heteroatoms. The molecule has 0 aromatic rings. The van der Waals surface area contributed by atoms with E-state index in [1.165, 1.54) is 8.61 Å². The molecule has 1 saturated heterocycles. The Labute approximate surface area is 129 Å². The Morgan fingerprint density at radius 2 is 1.95 bits per heavy atom. The minimum absolute atomic E-state index is 0.0249. The van der Waals surface area contributed by atoms with E-state index >= 15 is 0 Å². The summed E-state index contributed by atoms with van der Waals surface area (Å²) in [6.07, 6.45) is 1.49. The SMILES string of the molecule is CCN(CC)S(=O)(=O)N1CCCC(C(=O)NCC(C)C)C1. The molecule has 0 spiro atoms. The quantitative estimate of drug-likeness (QED) is 0.763. The Morgan fingerprint density at radius 1 is 1.33 bits per heavy atom. The predicted octanol–water partition coefficient (Wildman–Crippen LogP) is 1.06. The third-order valence-electron chi connectivity index (χ3n) is 3.80. The lowest BCUT2D eigenvalue weighted by Gasteiger charge is -2.34. The zero-order valence-electron chi connectivity index (χ0n) is 13.6. The Kier molecular flexibility index (Phi) is 7.09. The zero-order valence-corrected chi connectivity index (χ0v) is 14.4. The maximum Gasteiger partial charge on any atom is 0.281 e. The summed E-state index contributed by atoms with van der Waals surface area (Å²) in [4.78, 5) is 12.1. The molecule has 1 unspecified atom stereocenters. The van der Waals surface area contributed by atoms with Crippen molar-refractivity contribution in [2.75, 3.05) is 32.7 Å². The lowest BCUT2D eigenvalue weighted by molar-refractivity contribution is -0.126. The van der Waals surface area contributed by atoms with Gasteiger partial charge in [-0.3, -0.25) is 4.79 Å². The third kappa shape index (κ3) is 4.93. The molecule has 124 valence electrons. The van der Waals surface area contributed by atoms with Gasteiger partial charge in [-0.2, -0.15) is 17.0 Å². The fourth-order valence-corrected chi connectivity index (χ4v) is 4.24. The van der Waals surface area contributed by atoms with Gasteiger partial charge in [-0.05, 0) is 18.8 Å². The van der Waals surface area contributed by atoms with Crippen LogP contribution in [-0.2, 0) is 15.0 Å². The molecule has 0 aromatic heterocycles. The normalized spacial score (nSPS) is 21.0. The summed E-state index contributed by atoms with van der Waals surface area (Å²) in [5.74, 6) is 0.138. The van der Waals surface area contributed by atoms with E-state index in [2.05, 4.69) is 5.32 Å². The minimum Gasteiger partial charge on any atom is -0.356 e. The average molecular weight is 319 g/mol. The van der Waals surface area contributed by atoms with Crippen molar-refractivity contribution in [3.63, 3.8) is 0 Å². The minimum atomic E-state index is -3.44. The van der Waals surface area contributed by atoms with Crippen molar-refractivity contribution in [1.29, 1.82) is 0 Å². The van der Waals surface area contributed by atoms with Crippen molar-refractivity contribution < 1.29 is 13.2 Å². The standard InChI is InChI=1S/C14H29N3O3S/c1-5-16(6-2)21(19,20)17-9-7-8-13(11-17)14(18)15-10-12(3)4/h12-13H,5-11H2,1-4H3,(H,15,18). The fraction of sp³-hybridized carbons (Fsp3) is 0.929. The summed E-state index contributed by atoms with van der Waals surface area (Å²) in [5, 5.41) is 2.91. The van der Waals surface area contributed by atoms with E-state index in [1.807, 2.05) is 27.7 Å². The molecule has 1 aliphatic heterocycles. The van der Waals surface area contributed by atoms with Crippen molar-refractivity contribution in [3.8, 4) is 0 Å². The van der Waals surface area contributed by atoms with Crippen molar-refractivity contribution in [3.05, 3.63) is 0 Å². The number of nitrogens with zero attached hydrogens (tertiary/aromatic N) is 2. The third-order valence-corrected chi connectivity index (χ3v) is 5.95. The summed E-state index contributed by atoms with van der Waals surface area (Å²) in [7, 11) is -3.44. The number of piperidine rings is 1. The second kappa shape index (κ2) is 8.10. The number of hydrogen-bond donors (Lipinski definition) is 1. The summed E-state index contributed by atoms with van der Waals surface area (Å²) >= 11 is 0. The van der Waals surface area contributed by atoms with Crippen LogP contribution in [0.4, 0.5) is 0 Å². The number of rotatable bonds is 7. The van der Waals surface area contributed by atoms with Gasteiger partial charge in [-0.15, -0.1) is 0 Å². The molecular weight excluding hydrogens is 290 g/mol. The van der Waals surface area contributed by atoms with Gasteiger partial charge >= 0.3 is 0 Å². The van der Waals surface area contributed by atoms with Gasteiger partial charge in [0.1, 0.15) is 0 Å². The summed E-state index contributed by atoms with van der Waals surface area (Å²) in [6.45, 7) is 10.1. The van der Waals surface area contributed by atoms with Gasteiger partial charge < -0.3 is 5.32 Å². The van der Waals surface area contributed by atoms with Crippen LogP contribution in [-0.4, -0.2) is 55.7 Å². The van der Waals surface area contributed by atoms with Gasteiger partial charge in [0.15, 0.2) is 0 Å². The van der Waals surface area contributed by atoms with Gasteiger partial charge in [0.05, 0.1) is 5.92 Å². The molecular formula is C14H29N3O3S. The molecule has 21 heavy (non-hydrogen) atoms. The average Bonchev–Trinajstić information content (AvgIpc) is 2.45. The molecule has 0 aromatic carbocycles. The van der Waals surface area contributed by atoms with E-state index in [9.17, 15) is 13.2 Å². The Bertz CT molecular complexity index is 433. The number of amides is 1. The predicted molar refractivity (Wildman–Crippen MR) is 84.0 cm³/mol. The summed E-state index contributed by atoms with van der Waals surface area (Å²) in [5.41, 5.74) is 0. The topological polar surface area (TPSA) is 69.7 Å². The van der Waals surface area contributed by atoms with E-state index in [0.717, 1.165) is 12.8 Å². The summed E-state index contributed by atoms with van der Waals surface area (Å²) in [6, 6.07) is 0. The highest BCUT2D eigenvalue weighted by molar-refractivity contribution is 7.86. The van der Waals surface area contributed by atoms with Crippen LogP contribution >= 0.6 is 0 Å². The first kappa shape index (κ1) is 18.4. The molecule has 1 N–H and O–H groups in total. The van der Waals surface area contributed by atoms with Gasteiger partial charge in [0.25, 0.3) is 10.2 Å². The van der Waals surface area contributed by atoms with E-state index in [4.69, 9.17) is 0 Å². The van der Waals surface area contributed by atoms with Crippen LogP contribution in [0.3, 0.4) is 0 Å². The van der Waals surface area contributed by atoms with E-state index in [0.29, 0.717) is 38.6 Å². The van der Waals surface area contributed by atoms with Crippen LogP contribution in [0.1, 0.15) is 40.5 Å². The molecule has 1 rings (SSSR count). The first-order chi connectivity index (χ1) is 9.82. The number of nitrogens with one attached hydrogen (secondary N) is 1. The van der Waals surface area contributed by atoms with Crippen LogP contribution in [0.25, 0.3) is 0 Å². The molecule has 1 fully saturated rings. The van der Waals surface area contributed by atoms with Crippen LogP contribution in [0.2, 0.25) is 0 Å². The zero-order chi connectivity index (χ0) is 16.0. The number of carbonyl (C=O) groups excluding carboxylic acids is 1. The maximum absolute atomic E-state index is 12.5. The number of hydrogen-bond acceptors (Lipinski definition) is 3. The van der Waals surface area contributed by atoms with Gasteiger partial charge in [-0.1, -0.05) is 27.7 Å². The van der Waals surface area contributed by atoms with Gasteiger partial charge in [0.2, 0.25) is 5.91 Å². The molecule has 1 aliphatic rings. The molecule has 1 amide bonds. The molecule has 1 heterocycles. The lowest BCUT2D eigenvalue weighted by atomic mass is 9.98. The second-order valence-electron chi connectivity index (χ2n) is 5.93. The van der Waals surface area contributed by atoms with Crippen LogP contribution in [0, 0.1) is 11.8 Å². The molecule has 0 aliphatic carbocycles. The first-order valence-electron chi connectivity index (χ1n) is 7.85. The fourth-order valence-electron chi connectivity index (χ4n) is 2.53. The molecule has 0 radical (unpaired) electrons. The highest BCUT2D eigenvalue weighted by Gasteiger charge is 2.34. The van der Waals surface area contributed by atoms with E-state index < -0.39 is 10.2 Å². The van der Waals surface area contributed by atoms with Gasteiger partial charge in [-0.25, -0.2) is 0 Å². The smallest absolute Gasteiger partial charge is 0.281 e. The van der Waals surface area contributed by atoms with Crippen LogP contribution in [0.15, 0.2) is 0 Å². The second-order valence-corrected chi connectivity index (χ2v) is 7.86. The maximum atomic E-state index is 12.5. The van der Waals surface area contributed by atoms with Crippen LogP contribution < -0.4 is 5.32 Å². The molecule has 0 bridgehead atoms. The van der Waals surface area contributed by atoms with Crippen molar-refractivity contribution in [2.24, 2.45) is 11.8 Å². The molecule has 6 nitrogen and oxygen atoms in total. The Balaban J connectivity index is 2.69. The largest absolute Gasteiger partial charge is 0.356 e. The molecule has 0 saturated carbocycles. The van der Waals surface area contributed by atoms with Crippen molar-refractivity contribution >= 4 is 16.1 Å². The Hall–Kier alpha value is -0.660. The highest BCUT2D eigenvalue weighted by Crippen LogP contribution is 2.21. The van der Waals surface area contributed by atoms with E-state index in [-0.39, 0.29) is 11.8 Å². The summed E-state index contributed by atoms with van der Waals surface area (Å²) < 4.78 is 27.9.